The summed E-state index contributed by atoms with van der Waals surface area (Å²) in [7, 11) is 0. The Morgan fingerprint density at radius 2 is 2.31 bits per heavy atom. The van der Waals surface area contributed by atoms with Crippen molar-refractivity contribution < 1.29 is 4.52 Å². The van der Waals surface area contributed by atoms with Crippen LogP contribution in [-0.4, -0.2) is 21.3 Å². The van der Waals surface area contributed by atoms with Gasteiger partial charge in [-0.25, -0.2) is 4.98 Å². The molecule has 5 nitrogen and oxygen atoms in total. The van der Waals surface area contributed by atoms with Crippen molar-refractivity contribution >= 4 is 0 Å². The van der Waals surface area contributed by atoms with Crippen LogP contribution < -0.4 is 5.32 Å². The van der Waals surface area contributed by atoms with E-state index in [1.807, 2.05) is 32.3 Å². The lowest BCUT2D eigenvalue weighted by molar-refractivity contribution is 0.388. The fourth-order valence-corrected chi connectivity index (χ4v) is 1.56. The standard InChI is InChI=1S/C11H16N4O/c1-9-7-11(14-16-9)8-12-3-5-15-6-4-13-10(15)2/h4,6-7,12H,3,5,8H2,1-2H3. The number of aromatic nitrogens is 3. The third kappa shape index (κ3) is 2.70. The predicted molar refractivity (Wildman–Crippen MR) is 59.9 cm³/mol. The van der Waals surface area contributed by atoms with Crippen molar-refractivity contribution in [2.24, 2.45) is 0 Å². The van der Waals surface area contributed by atoms with Crippen molar-refractivity contribution in [1.82, 2.24) is 20.0 Å². The Labute approximate surface area is 94.5 Å². The maximum atomic E-state index is 4.98. The second-order valence-electron chi connectivity index (χ2n) is 3.77. The lowest BCUT2D eigenvalue weighted by atomic mass is 10.4. The lowest BCUT2D eigenvalue weighted by Gasteiger charge is -2.05. The number of imidazole rings is 1. The molecule has 0 aliphatic heterocycles. The molecule has 0 aliphatic rings. The SMILES string of the molecule is Cc1cc(CNCCn2ccnc2C)no1. The maximum absolute atomic E-state index is 4.98. The van der Waals surface area contributed by atoms with Crippen molar-refractivity contribution in [1.29, 1.82) is 0 Å². The van der Waals surface area contributed by atoms with Gasteiger partial charge in [-0.05, 0) is 13.8 Å². The second-order valence-corrected chi connectivity index (χ2v) is 3.77. The number of aryl methyl sites for hydroxylation is 2. The molecule has 16 heavy (non-hydrogen) atoms. The Hall–Kier alpha value is -1.62. The molecule has 0 aliphatic carbocycles. The van der Waals surface area contributed by atoms with Gasteiger partial charge in [0, 0.05) is 38.1 Å². The molecule has 0 saturated heterocycles. The van der Waals surface area contributed by atoms with Gasteiger partial charge in [-0.3, -0.25) is 0 Å². The molecule has 0 radical (unpaired) electrons. The molecule has 0 amide bonds. The van der Waals surface area contributed by atoms with E-state index in [1.165, 1.54) is 0 Å². The molecule has 1 N–H and O–H groups in total. The van der Waals surface area contributed by atoms with Crippen LogP contribution in [0.1, 0.15) is 17.3 Å². The summed E-state index contributed by atoms with van der Waals surface area (Å²) in [5.41, 5.74) is 0.944. The normalized spacial score (nSPS) is 10.9. The molecule has 2 rings (SSSR count). The van der Waals surface area contributed by atoms with E-state index in [9.17, 15) is 0 Å². The molecule has 2 heterocycles. The van der Waals surface area contributed by atoms with Gasteiger partial charge in [0.2, 0.25) is 0 Å². The highest BCUT2D eigenvalue weighted by molar-refractivity contribution is 5.02. The summed E-state index contributed by atoms with van der Waals surface area (Å²) in [6.45, 7) is 6.45. The average molecular weight is 220 g/mol. The van der Waals surface area contributed by atoms with E-state index in [2.05, 4.69) is 20.0 Å². The molecular weight excluding hydrogens is 204 g/mol. The maximum Gasteiger partial charge on any atom is 0.133 e. The number of hydrogen-bond acceptors (Lipinski definition) is 4. The van der Waals surface area contributed by atoms with Gasteiger partial charge in [-0.15, -0.1) is 0 Å². The predicted octanol–water partition coefficient (Wildman–Crippen LogP) is 1.28. The average Bonchev–Trinajstić information content (AvgIpc) is 2.83. The topological polar surface area (TPSA) is 55.9 Å². The van der Waals surface area contributed by atoms with E-state index >= 15 is 0 Å². The van der Waals surface area contributed by atoms with Gasteiger partial charge in [-0.2, -0.15) is 0 Å². The van der Waals surface area contributed by atoms with Gasteiger partial charge >= 0.3 is 0 Å². The van der Waals surface area contributed by atoms with Crippen molar-refractivity contribution in [2.45, 2.75) is 26.9 Å². The van der Waals surface area contributed by atoms with Crippen LogP contribution in [-0.2, 0) is 13.1 Å². The van der Waals surface area contributed by atoms with Gasteiger partial charge in [0.1, 0.15) is 11.6 Å². The van der Waals surface area contributed by atoms with Crippen LogP contribution in [0.5, 0.6) is 0 Å². The minimum atomic E-state index is 0.741. The smallest absolute Gasteiger partial charge is 0.133 e. The lowest BCUT2D eigenvalue weighted by Crippen LogP contribution is -2.19. The molecule has 86 valence electrons. The summed E-state index contributed by atoms with van der Waals surface area (Å²) in [6, 6.07) is 1.94. The molecule has 0 saturated carbocycles. The molecule has 0 unspecified atom stereocenters. The summed E-state index contributed by atoms with van der Waals surface area (Å²) in [5.74, 6) is 1.89. The molecule has 5 heteroatoms. The first kappa shape index (κ1) is 10.9. The summed E-state index contributed by atoms with van der Waals surface area (Å²) in [5, 5.41) is 7.22. The Kier molecular flexibility index (Phi) is 3.36. The Morgan fingerprint density at radius 1 is 1.44 bits per heavy atom. The van der Waals surface area contributed by atoms with Crippen LogP contribution in [0.2, 0.25) is 0 Å². The van der Waals surface area contributed by atoms with Gasteiger partial charge in [0.25, 0.3) is 0 Å². The first-order valence-corrected chi connectivity index (χ1v) is 5.36. The Morgan fingerprint density at radius 3 is 2.94 bits per heavy atom. The van der Waals surface area contributed by atoms with Gasteiger partial charge in [0.15, 0.2) is 0 Å². The van der Waals surface area contributed by atoms with Gasteiger partial charge in [0.05, 0.1) is 5.69 Å². The van der Waals surface area contributed by atoms with Crippen LogP contribution >= 0.6 is 0 Å². The van der Waals surface area contributed by atoms with E-state index in [1.54, 1.807) is 0 Å². The number of nitrogens with zero attached hydrogens (tertiary/aromatic N) is 3. The molecule has 0 atom stereocenters. The molecule has 0 bridgehead atoms. The number of rotatable bonds is 5. The molecule has 2 aromatic rings. The summed E-state index contributed by atoms with van der Waals surface area (Å²) >= 11 is 0. The summed E-state index contributed by atoms with van der Waals surface area (Å²) in [6.07, 6.45) is 3.80. The van der Waals surface area contributed by atoms with Crippen LogP contribution in [0.25, 0.3) is 0 Å². The van der Waals surface area contributed by atoms with Crippen LogP contribution in [0.4, 0.5) is 0 Å². The third-order valence-electron chi connectivity index (χ3n) is 2.44. The van der Waals surface area contributed by atoms with E-state index in [-0.39, 0.29) is 0 Å². The highest BCUT2D eigenvalue weighted by atomic mass is 16.5. The molecule has 0 fully saturated rings. The Balaban J connectivity index is 1.71. The second kappa shape index (κ2) is 4.94. The van der Waals surface area contributed by atoms with E-state index in [0.717, 1.165) is 36.9 Å². The number of nitrogens with one attached hydrogen (secondary N) is 1. The van der Waals surface area contributed by atoms with E-state index < -0.39 is 0 Å². The van der Waals surface area contributed by atoms with E-state index in [0.29, 0.717) is 0 Å². The van der Waals surface area contributed by atoms with Gasteiger partial charge in [-0.1, -0.05) is 5.16 Å². The van der Waals surface area contributed by atoms with Gasteiger partial charge < -0.3 is 14.4 Å². The quantitative estimate of drug-likeness (QED) is 0.771. The first-order chi connectivity index (χ1) is 7.75. The fourth-order valence-electron chi connectivity index (χ4n) is 1.56. The largest absolute Gasteiger partial charge is 0.361 e. The minimum Gasteiger partial charge on any atom is -0.361 e. The van der Waals surface area contributed by atoms with E-state index in [4.69, 9.17) is 4.52 Å². The van der Waals surface area contributed by atoms with Crippen molar-refractivity contribution in [3.8, 4) is 0 Å². The van der Waals surface area contributed by atoms with Crippen LogP contribution in [0.3, 0.4) is 0 Å². The minimum absolute atomic E-state index is 0.741. The Bertz CT molecular complexity index is 446. The number of hydrogen-bond donors (Lipinski definition) is 1. The van der Waals surface area contributed by atoms with Crippen molar-refractivity contribution in [3.63, 3.8) is 0 Å². The zero-order chi connectivity index (χ0) is 11.4. The highest BCUT2D eigenvalue weighted by Gasteiger charge is 1.99. The van der Waals surface area contributed by atoms with Crippen LogP contribution in [0.15, 0.2) is 23.0 Å². The molecule has 2 aromatic heterocycles. The molecule has 0 aromatic carbocycles. The fraction of sp³-hybridized carbons (Fsp3) is 0.455. The molecular formula is C11H16N4O. The van der Waals surface area contributed by atoms with Crippen LogP contribution in [0, 0.1) is 13.8 Å². The van der Waals surface area contributed by atoms with Crippen molar-refractivity contribution in [2.75, 3.05) is 6.54 Å². The molecule has 0 spiro atoms. The first-order valence-electron chi connectivity index (χ1n) is 5.36. The monoisotopic (exact) mass is 220 g/mol. The highest BCUT2D eigenvalue weighted by Crippen LogP contribution is 2.00. The zero-order valence-corrected chi connectivity index (χ0v) is 9.60. The third-order valence-corrected chi connectivity index (χ3v) is 2.44. The summed E-state index contributed by atoms with van der Waals surface area (Å²) < 4.78 is 7.09. The van der Waals surface area contributed by atoms with Crippen molar-refractivity contribution in [3.05, 3.63) is 35.7 Å². The summed E-state index contributed by atoms with van der Waals surface area (Å²) in [4.78, 5) is 4.16. The zero-order valence-electron chi connectivity index (χ0n) is 9.60.